The molecular weight excluding hydrogens is 589 g/mol. The molecule has 8 nitrogen and oxygen atoms in total. The van der Waals surface area contributed by atoms with Crippen molar-refractivity contribution in [3.8, 4) is 23.0 Å². The van der Waals surface area contributed by atoms with Crippen LogP contribution < -0.4 is 20.1 Å². The molecule has 2 heterocycles. The lowest BCUT2D eigenvalue weighted by Crippen LogP contribution is -2.22. The lowest BCUT2D eigenvalue weighted by molar-refractivity contribution is 0.408. The summed E-state index contributed by atoms with van der Waals surface area (Å²) < 4.78 is 21.5. The average Bonchev–Trinajstić information content (AvgIpc) is 2.98. The van der Waals surface area contributed by atoms with E-state index < -0.39 is 0 Å². The predicted molar refractivity (Wildman–Crippen MR) is 165 cm³/mol. The Morgan fingerprint density at radius 3 is 1.43 bits per heavy atom. The number of hydrogen-bond donors (Lipinski definition) is 4. The Morgan fingerprint density at radius 2 is 1.05 bits per heavy atom. The fourth-order valence-corrected chi connectivity index (χ4v) is 4.08. The Labute approximate surface area is 252 Å². The van der Waals surface area contributed by atoms with Crippen molar-refractivity contribution < 1.29 is 28.5 Å². The van der Waals surface area contributed by atoms with Crippen LogP contribution in [0.25, 0.3) is 0 Å². The monoisotopic (exact) mass is 614 g/mol. The SMILES string of the molecule is COc1ccccc1CNC(=S)c1occc(=S)c1O.COc1ccccc1CNC(=S)c1occc(=S)c1O. The molecule has 4 rings (SSSR count). The molecule has 0 radical (unpaired) electrons. The molecule has 0 aliphatic carbocycles. The van der Waals surface area contributed by atoms with E-state index >= 15 is 0 Å². The summed E-state index contributed by atoms with van der Waals surface area (Å²) in [6.45, 7) is 0.916. The topological polar surface area (TPSA) is 109 Å². The second-order valence-electron chi connectivity index (χ2n) is 7.91. The average molecular weight is 615 g/mol. The lowest BCUT2D eigenvalue weighted by atomic mass is 10.2. The minimum absolute atomic E-state index is 0.125. The molecule has 0 fully saturated rings. The van der Waals surface area contributed by atoms with Gasteiger partial charge in [0.2, 0.25) is 11.5 Å². The standard InChI is InChI=1S/2C14H13NO3S2/c2*1-17-10-5-3-2-4-9(10)8-15-14(20)13-12(16)11(19)6-7-18-13/h2*2-7,16H,8H2,1H3,(H,15,20). The number of para-hydroxylation sites is 2. The molecule has 4 aromatic rings. The van der Waals surface area contributed by atoms with E-state index in [4.69, 9.17) is 67.2 Å². The highest BCUT2D eigenvalue weighted by atomic mass is 32.1. The van der Waals surface area contributed by atoms with Crippen molar-refractivity contribution in [3.05, 3.63) is 105 Å². The van der Waals surface area contributed by atoms with Crippen LogP contribution in [-0.2, 0) is 13.1 Å². The van der Waals surface area contributed by atoms with Crippen LogP contribution in [0.1, 0.15) is 22.6 Å². The number of nitrogens with one attached hydrogen (secondary N) is 2. The van der Waals surface area contributed by atoms with Crippen LogP contribution in [0.3, 0.4) is 0 Å². The zero-order valence-electron chi connectivity index (χ0n) is 21.5. The highest BCUT2D eigenvalue weighted by Gasteiger charge is 2.13. The summed E-state index contributed by atoms with van der Waals surface area (Å²) in [7, 11) is 3.22. The quantitative estimate of drug-likeness (QED) is 0.165. The Hall–Kier alpha value is -3.84. The third-order valence-corrected chi connectivity index (χ3v) is 6.70. The molecule has 0 aliphatic rings. The van der Waals surface area contributed by atoms with E-state index in [1.165, 1.54) is 24.7 Å². The van der Waals surface area contributed by atoms with Gasteiger partial charge in [0.25, 0.3) is 0 Å². The zero-order valence-corrected chi connectivity index (χ0v) is 24.8. The minimum atomic E-state index is -0.125. The number of aromatic hydroxyl groups is 2. The minimum Gasteiger partial charge on any atom is -0.503 e. The van der Waals surface area contributed by atoms with Gasteiger partial charge in [-0.2, -0.15) is 0 Å². The van der Waals surface area contributed by atoms with Gasteiger partial charge >= 0.3 is 0 Å². The van der Waals surface area contributed by atoms with E-state index in [1.54, 1.807) is 14.2 Å². The lowest BCUT2D eigenvalue weighted by Gasteiger charge is -2.11. The van der Waals surface area contributed by atoms with E-state index in [0.29, 0.717) is 32.1 Å². The summed E-state index contributed by atoms with van der Waals surface area (Å²) in [4.78, 5) is 0.584. The van der Waals surface area contributed by atoms with E-state index in [1.807, 2.05) is 48.5 Å². The molecule has 0 saturated carbocycles. The molecule has 4 N–H and O–H groups in total. The molecule has 0 unspecified atom stereocenters. The molecule has 0 spiro atoms. The summed E-state index contributed by atoms with van der Waals surface area (Å²) in [5, 5.41) is 25.7. The molecule has 0 atom stereocenters. The van der Waals surface area contributed by atoms with Crippen LogP contribution in [0.15, 0.2) is 82.0 Å². The molecule has 40 heavy (non-hydrogen) atoms. The van der Waals surface area contributed by atoms with Crippen LogP contribution in [0.4, 0.5) is 0 Å². The molecule has 0 saturated heterocycles. The van der Waals surface area contributed by atoms with Gasteiger partial charge in [0, 0.05) is 24.2 Å². The smallest absolute Gasteiger partial charge is 0.203 e. The van der Waals surface area contributed by atoms with Crippen LogP contribution in [0.2, 0.25) is 0 Å². The van der Waals surface area contributed by atoms with E-state index in [9.17, 15) is 10.2 Å². The Bertz CT molecular complexity index is 1480. The molecular formula is C28H26N2O6S4. The van der Waals surface area contributed by atoms with Gasteiger partial charge in [-0.25, -0.2) is 0 Å². The molecule has 208 valence electrons. The van der Waals surface area contributed by atoms with Crippen LogP contribution >= 0.6 is 48.9 Å². The first-order valence-electron chi connectivity index (χ1n) is 11.7. The second-order valence-corrected chi connectivity index (χ2v) is 9.61. The molecule has 0 amide bonds. The molecule has 2 aromatic carbocycles. The first-order valence-corrected chi connectivity index (χ1v) is 13.3. The predicted octanol–water partition coefficient (Wildman–Crippen LogP) is 6.38. The third-order valence-electron chi connectivity index (χ3n) is 5.38. The van der Waals surface area contributed by atoms with Crippen molar-refractivity contribution in [3.63, 3.8) is 0 Å². The number of rotatable bonds is 8. The summed E-state index contributed by atoms with van der Waals surface area (Å²) in [6, 6.07) is 18.2. The number of thiocarbonyl (C=S) groups is 2. The highest BCUT2D eigenvalue weighted by molar-refractivity contribution is 7.81. The molecule has 0 aliphatic heterocycles. The van der Waals surface area contributed by atoms with Gasteiger partial charge in [-0.05, 0) is 24.3 Å². The highest BCUT2D eigenvalue weighted by Crippen LogP contribution is 2.22. The third kappa shape index (κ3) is 8.09. The fraction of sp³-hybridized carbons (Fsp3) is 0.143. The van der Waals surface area contributed by atoms with E-state index in [0.717, 1.165) is 22.6 Å². The van der Waals surface area contributed by atoms with Crippen LogP contribution in [0.5, 0.6) is 23.0 Å². The number of benzene rings is 2. The maximum Gasteiger partial charge on any atom is 0.203 e. The van der Waals surface area contributed by atoms with Crippen molar-refractivity contribution in [2.75, 3.05) is 14.2 Å². The van der Waals surface area contributed by atoms with Gasteiger partial charge < -0.3 is 39.2 Å². The van der Waals surface area contributed by atoms with Gasteiger partial charge in [0.1, 0.15) is 21.5 Å². The fourth-order valence-electron chi connectivity index (χ4n) is 3.35. The molecule has 0 bridgehead atoms. The van der Waals surface area contributed by atoms with Gasteiger partial charge in [-0.15, -0.1) is 0 Å². The normalized spacial score (nSPS) is 10.1. The Balaban J connectivity index is 0.000000220. The van der Waals surface area contributed by atoms with E-state index in [-0.39, 0.29) is 23.0 Å². The van der Waals surface area contributed by atoms with Crippen molar-refractivity contribution in [2.24, 2.45) is 0 Å². The van der Waals surface area contributed by atoms with Gasteiger partial charge in [0.05, 0.1) is 35.8 Å². The Kier molecular flexibility index (Phi) is 11.6. The molecule has 12 heteroatoms. The zero-order chi connectivity index (χ0) is 29.1. The van der Waals surface area contributed by atoms with Crippen molar-refractivity contribution >= 4 is 58.8 Å². The van der Waals surface area contributed by atoms with Crippen molar-refractivity contribution in [2.45, 2.75) is 13.1 Å². The molecule has 2 aromatic heterocycles. The van der Waals surface area contributed by atoms with Crippen molar-refractivity contribution in [1.82, 2.24) is 10.6 Å². The summed E-state index contributed by atoms with van der Waals surface area (Å²) in [6.07, 6.45) is 2.79. The van der Waals surface area contributed by atoms with Gasteiger partial charge in [-0.1, -0.05) is 85.3 Å². The number of ether oxygens (including phenoxy) is 2. The van der Waals surface area contributed by atoms with Crippen LogP contribution in [0, 0.1) is 9.02 Å². The summed E-state index contributed by atoms with van der Waals surface area (Å²) in [5.41, 5.74) is 1.90. The van der Waals surface area contributed by atoms with Gasteiger partial charge in [0.15, 0.2) is 11.5 Å². The number of hydrogen-bond acceptors (Lipinski definition) is 10. The maximum absolute atomic E-state index is 9.82. The maximum atomic E-state index is 9.82. The largest absolute Gasteiger partial charge is 0.503 e. The number of methoxy groups -OCH3 is 2. The van der Waals surface area contributed by atoms with E-state index in [2.05, 4.69) is 10.6 Å². The second kappa shape index (κ2) is 15.1. The van der Waals surface area contributed by atoms with Gasteiger partial charge in [-0.3, -0.25) is 0 Å². The van der Waals surface area contributed by atoms with Crippen molar-refractivity contribution in [1.29, 1.82) is 0 Å². The summed E-state index contributed by atoms with van der Waals surface area (Å²) in [5.74, 6) is 1.62. The Morgan fingerprint density at radius 1 is 0.675 bits per heavy atom. The van der Waals surface area contributed by atoms with Crippen LogP contribution in [-0.4, -0.2) is 34.4 Å². The summed E-state index contributed by atoms with van der Waals surface area (Å²) >= 11 is 20.3. The first-order chi connectivity index (χ1) is 19.3. The first kappa shape index (κ1) is 30.7.